The number of nitro benzene ring substituents is 1. The van der Waals surface area contributed by atoms with Crippen molar-refractivity contribution in [3.63, 3.8) is 0 Å². The second-order valence-corrected chi connectivity index (χ2v) is 4.45. The minimum atomic E-state index is -0.588. The standard InChI is InChI=1S/C13H13N5O4/c1-9-4-5-17(16-9)8-13(20)15-14-7-10-6-11(18(21)22)2-3-12(10)19/h2-7,19H,8H2,1H3,(H,15,20). The minimum absolute atomic E-state index is 0.00784. The van der Waals surface area contributed by atoms with Crippen LogP contribution in [0.3, 0.4) is 0 Å². The summed E-state index contributed by atoms with van der Waals surface area (Å²) in [5, 5.41) is 27.9. The van der Waals surface area contributed by atoms with Gasteiger partial charge in [-0.2, -0.15) is 10.2 Å². The lowest BCUT2D eigenvalue weighted by Gasteiger charge is -2.01. The van der Waals surface area contributed by atoms with Gasteiger partial charge in [-0.15, -0.1) is 0 Å². The number of phenols is 1. The van der Waals surface area contributed by atoms with Crippen molar-refractivity contribution < 1.29 is 14.8 Å². The molecular formula is C13H13N5O4. The monoisotopic (exact) mass is 303 g/mol. The van der Waals surface area contributed by atoms with E-state index in [0.717, 1.165) is 18.0 Å². The first-order chi connectivity index (χ1) is 10.5. The van der Waals surface area contributed by atoms with Crippen LogP contribution in [-0.4, -0.2) is 31.9 Å². The van der Waals surface area contributed by atoms with Crippen LogP contribution in [0.1, 0.15) is 11.3 Å². The number of hydrazone groups is 1. The lowest BCUT2D eigenvalue weighted by molar-refractivity contribution is -0.384. The molecule has 9 heteroatoms. The van der Waals surface area contributed by atoms with Crippen LogP contribution in [0.25, 0.3) is 0 Å². The number of non-ortho nitro benzene ring substituents is 1. The largest absolute Gasteiger partial charge is 0.507 e. The molecule has 0 radical (unpaired) electrons. The molecule has 1 aromatic heterocycles. The lowest BCUT2D eigenvalue weighted by Crippen LogP contribution is -2.23. The van der Waals surface area contributed by atoms with E-state index in [-0.39, 0.29) is 23.5 Å². The van der Waals surface area contributed by atoms with Gasteiger partial charge in [0.05, 0.1) is 16.8 Å². The van der Waals surface area contributed by atoms with E-state index in [2.05, 4.69) is 15.6 Å². The number of nitrogens with zero attached hydrogens (tertiary/aromatic N) is 4. The number of aromatic hydroxyl groups is 1. The number of hydrogen-bond donors (Lipinski definition) is 2. The van der Waals surface area contributed by atoms with Crippen LogP contribution in [0, 0.1) is 17.0 Å². The summed E-state index contributed by atoms with van der Waals surface area (Å²) in [7, 11) is 0. The smallest absolute Gasteiger partial charge is 0.270 e. The summed E-state index contributed by atoms with van der Waals surface area (Å²) in [5.41, 5.74) is 2.99. The summed E-state index contributed by atoms with van der Waals surface area (Å²) >= 11 is 0. The van der Waals surface area contributed by atoms with E-state index in [1.807, 2.05) is 0 Å². The van der Waals surface area contributed by atoms with E-state index in [4.69, 9.17) is 0 Å². The summed E-state index contributed by atoms with van der Waals surface area (Å²) < 4.78 is 1.45. The molecule has 2 aromatic rings. The number of carbonyl (C=O) groups excluding carboxylic acids is 1. The van der Waals surface area contributed by atoms with Crippen LogP contribution >= 0.6 is 0 Å². The molecule has 0 unspecified atom stereocenters. The maximum atomic E-state index is 11.6. The van der Waals surface area contributed by atoms with Crippen molar-refractivity contribution >= 4 is 17.8 Å². The zero-order valence-corrected chi connectivity index (χ0v) is 11.6. The molecule has 9 nitrogen and oxygen atoms in total. The fourth-order valence-electron chi connectivity index (χ4n) is 1.67. The number of carbonyl (C=O) groups is 1. The zero-order chi connectivity index (χ0) is 16.1. The van der Waals surface area contributed by atoms with Gasteiger partial charge in [-0.3, -0.25) is 19.6 Å². The van der Waals surface area contributed by atoms with Gasteiger partial charge in [-0.1, -0.05) is 0 Å². The summed E-state index contributed by atoms with van der Waals surface area (Å²) in [6, 6.07) is 5.28. The molecule has 2 rings (SSSR count). The van der Waals surface area contributed by atoms with Gasteiger partial charge in [0.25, 0.3) is 11.6 Å². The second kappa shape index (κ2) is 6.48. The Morgan fingerprint density at radius 1 is 1.55 bits per heavy atom. The van der Waals surface area contributed by atoms with E-state index in [1.54, 1.807) is 19.2 Å². The number of aromatic nitrogens is 2. The molecule has 1 aromatic carbocycles. The molecule has 22 heavy (non-hydrogen) atoms. The highest BCUT2D eigenvalue weighted by Crippen LogP contribution is 2.21. The maximum Gasteiger partial charge on any atom is 0.270 e. The average Bonchev–Trinajstić information content (AvgIpc) is 2.85. The topological polar surface area (TPSA) is 123 Å². The Morgan fingerprint density at radius 3 is 2.95 bits per heavy atom. The Bertz CT molecular complexity index is 738. The van der Waals surface area contributed by atoms with Gasteiger partial charge in [0.2, 0.25) is 0 Å². The third kappa shape index (κ3) is 3.88. The molecule has 0 aliphatic heterocycles. The molecule has 0 atom stereocenters. The van der Waals surface area contributed by atoms with Crippen LogP contribution in [0.2, 0.25) is 0 Å². The van der Waals surface area contributed by atoms with E-state index in [9.17, 15) is 20.0 Å². The number of benzene rings is 1. The van der Waals surface area contributed by atoms with Gasteiger partial charge in [0, 0.05) is 23.9 Å². The third-order valence-corrected chi connectivity index (χ3v) is 2.69. The molecule has 0 saturated heterocycles. The fraction of sp³-hybridized carbons (Fsp3) is 0.154. The highest BCUT2D eigenvalue weighted by Gasteiger charge is 2.09. The number of aryl methyl sites for hydroxylation is 1. The zero-order valence-electron chi connectivity index (χ0n) is 11.6. The van der Waals surface area contributed by atoms with Crippen LogP contribution in [0.4, 0.5) is 5.69 Å². The van der Waals surface area contributed by atoms with E-state index in [0.29, 0.717) is 0 Å². The van der Waals surface area contributed by atoms with Crippen LogP contribution in [-0.2, 0) is 11.3 Å². The number of nitro groups is 1. The number of hydrogen-bond acceptors (Lipinski definition) is 6. The molecule has 1 amide bonds. The Morgan fingerprint density at radius 2 is 2.32 bits per heavy atom. The van der Waals surface area contributed by atoms with Crippen molar-refractivity contribution in [1.29, 1.82) is 0 Å². The van der Waals surface area contributed by atoms with E-state index < -0.39 is 10.8 Å². The van der Waals surface area contributed by atoms with Crippen molar-refractivity contribution in [3.05, 3.63) is 51.8 Å². The minimum Gasteiger partial charge on any atom is -0.507 e. The summed E-state index contributed by atoms with van der Waals surface area (Å²) in [5.74, 6) is -0.587. The molecule has 2 N–H and O–H groups in total. The number of rotatable bonds is 5. The molecule has 0 spiro atoms. The van der Waals surface area contributed by atoms with E-state index >= 15 is 0 Å². The van der Waals surface area contributed by atoms with Crippen molar-refractivity contribution in [2.45, 2.75) is 13.5 Å². The normalized spacial score (nSPS) is 10.8. The lowest BCUT2D eigenvalue weighted by atomic mass is 10.2. The van der Waals surface area contributed by atoms with Crippen molar-refractivity contribution in [2.24, 2.45) is 5.10 Å². The fourth-order valence-corrected chi connectivity index (χ4v) is 1.67. The Balaban J connectivity index is 1.98. The van der Waals surface area contributed by atoms with E-state index in [1.165, 1.54) is 16.8 Å². The first-order valence-corrected chi connectivity index (χ1v) is 6.25. The van der Waals surface area contributed by atoms with Gasteiger partial charge in [-0.25, -0.2) is 5.43 Å². The van der Waals surface area contributed by atoms with Crippen molar-refractivity contribution in [3.8, 4) is 5.75 Å². The molecule has 0 bridgehead atoms. The summed E-state index contributed by atoms with van der Waals surface area (Å²) in [6.07, 6.45) is 2.79. The van der Waals surface area contributed by atoms with Gasteiger partial charge >= 0.3 is 0 Å². The van der Waals surface area contributed by atoms with Gasteiger partial charge < -0.3 is 5.11 Å². The quantitative estimate of drug-likeness (QED) is 0.483. The van der Waals surface area contributed by atoms with Crippen LogP contribution in [0.5, 0.6) is 5.75 Å². The number of nitrogens with one attached hydrogen (secondary N) is 1. The van der Waals surface area contributed by atoms with Gasteiger partial charge in [0.1, 0.15) is 12.3 Å². The highest BCUT2D eigenvalue weighted by molar-refractivity contribution is 5.85. The highest BCUT2D eigenvalue weighted by atomic mass is 16.6. The predicted octanol–water partition coefficient (Wildman–Crippen LogP) is 0.956. The molecule has 0 aliphatic rings. The average molecular weight is 303 g/mol. The van der Waals surface area contributed by atoms with Crippen molar-refractivity contribution in [1.82, 2.24) is 15.2 Å². The van der Waals surface area contributed by atoms with Gasteiger partial charge in [-0.05, 0) is 19.1 Å². The first-order valence-electron chi connectivity index (χ1n) is 6.25. The van der Waals surface area contributed by atoms with Crippen LogP contribution < -0.4 is 5.43 Å². The Hall–Kier alpha value is -3.23. The molecule has 0 aliphatic carbocycles. The molecule has 0 fully saturated rings. The molecule has 114 valence electrons. The van der Waals surface area contributed by atoms with Crippen molar-refractivity contribution in [2.75, 3.05) is 0 Å². The summed E-state index contributed by atoms with van der Waals surface area (Å²) in [4.78, 5) is 21.7. The Kier molecular flexibility index (Phi) is 4.47. The molecule has 0 saturated carbocycles. The second-order valence-electron chi connectivity index (χ2n) is 4.45. The predicted molar refractivity (Wildman–Crippen MR) is 77.5 cm³/mol. The number of phenolic OH excluding ortho intramolecular Hbond substituents is 1. The summed E-state index contributed by atoms with van der Waals surface area (Å²) in [6.45, 7) is 1.80. The van der Waals surface area contributed by atoms with Crippen LogP contribution in [0.15, 0.2) is 35.6 Å². The number of amides is 1. The van der Waals surface area contributed by atoms with Gasteiger partial charge in [0.15, 0.2) is 0 Å². The third-order valence-electron chi connectivity index (χ3n) is 2.69. The first kappa shape index (κ1) is 15.2. The molecular weight excluding hydrogens is 290 g/mol. The maximum absolute atomic E-state index is 11.6. The SMILES string of the molecule is Cc1ccn(CC(=O)NN=Cc2cc([N+](=O)[O-])ccc2O)n1. The Labute approximate surface area is 125 Å². The molecule has 1 heterocycles.